The number of hydrogen-bond acceptors (Lipinski definition) is 3. The van der Waals surface area contributed by atoms with Crippen molar-refractivity contribution in [3.05, 3.63) is 77.2 Å². The molecule has 0 bridgehead atoms. The number of para-hydroxylation sites is 1. The van der Waals surface area contributed by atoms with Gasteiger partial charge in [-0.3, -0.25) is 9.59 Å². The molecule has 0 aliphatic heterocycles. The van der Waals surface area contributed by atoms with E-state index in [0.29, 0.717) is 25.0 Å². The number of benzene rings is 2. The average molecular weight is 444 g/mol. The lowest BCUT2D eigenvalue weighted by Gasteiger charge is -2.10. The summed E-state index contributed by atoms with van der Waals surface area (Å²) in [6, 6.07) is 11.9. The highest BCUT2D eigenvalue weighted by atomic mass is 35.5. The second-order valence-corrected chi connectivity index (χ2v) is 7.34. The largest absolute Gasteiger partial charge is 0.484 e. The van der Waals surface area contributed by atoms with E-state index in [1.165, 1.54) is 12.1 Å². The highest BCUT2D eigenvalue weighted by Gasteiger charge is 2.10. The Morgan fingerprint density at radius 1 is 1.13 bits per heavy atom. The number of rotatable bonds is 10. The number of fused-ring (bicyclic) bond motifs is 1. The number of amides is 2. The number of nitrogens with one attached hydrogen (secondary N) is 3. The molecular formula is C23H23ClFN3O3. The summed E-state index contributed by atoms with van der Waals surface area (Å²) in [4.78, 5) is 27.2. The van der Waals surface area contributed by atoms with E-state index in [1.807, 2.05) is 30.5 Å². The van der Waals surface area contributed by atoms with Crippen LogP contribution in [0.3, 0.4) is 0 Å². The molecule has 0 spiro atoms. The van der Waals surface area contributed by atoms with E-state index in [2.05, 4.69) is 22.2 Å². The Balaban J connectivity index is 1.32. The van der Waals surface area contributed by atoms with Crippen LogP contribution in [-0.2, 0) is 16.0 Å². The van der Waals surface area contributed by atoms with Crippen molar-refractivity contribution in [2.45, 2.75) is 12.8 Å². The van der Waals surface area contributed by atoms with E-state index in [1.54, 1.807) is 0 Å². The van der Waals surface area contributed by atoms with Crippen LogP contribution in [0.5, 0.6) is 5.75 Å². The molecule has 3 N–H and O–H groups in total. The molecule has 0 radical (unpaired) electrons. The first-order valence-corrected chi connectivity index (χ1v) is 10.2. The van der Waals surface area contributed by atoms with Gasteiger partial charge in [0, 0.05) is 41.8 Å². The highest BCUT2D eigenvalue weighted by molar-refractivity contribution is 6.30. The zero-order chi connectivity index (χ0) is 22.2. The van der Waals surface area contributed by atoms with E-state index in [4.69, 9.17) is 16.3 Å². The van der Waals surface area contributed by atoms with E-state index in [9.17, 15) is 14.0 Å². The lowest BCUT2D eigenvalue weighted by Crippen LogP contribution is -2.32. The summed E-state index contributed by atoms with van der Waals surface area (Å²) in [6.45, 7) is 4.23. The minimum Gasteiger partial charge on any atom is -0.484 e. The van der Waals surface area contributed by atoms with Crippen LogP contribution in [0.4, 0.5) is 4.39 Å². The predicted molar refractivity (Wildman–Crippen MR) is 119 cm³/mol. The first kappa shape index (κ1) is 22.4. The molecule has 162 valence electrons. The van der Waals surface area contributed by atoms with Crippen LogP contribution >= 0.6 is 11.6 Å². The third-order valence-electron chi connectivity index (χ3n) is 4.69. The molecule has 31 heavy (non-hydrogen) atoms. The molecule has 8 heteroatoms. The number of aromatic amines is 1. The summed E-state index contributed by atoms with van der Waals surface area (Å²) in [5.74, 6) is -1.05. The molecule has 0 aliphatic rings. The van der Waals surface area contributed by atoms with Crippen LogP contribution in [0.2, 0.25) is 5.02 Å². The van der Waals surface area contributed by atoms with Crippen molar-refractivity contribution >= 4 is 34.3 Å². The predicted octanol–water partition coefficient (Wildman–Crippen LogP) is 3.76. The van der Waals surface area contributed by atoms with Crippen LogP contribution in [0.25, 0.3) is 10.9 Å². The summed E-state index contributed by atoms with van der Waals surface area (Å²) < 4.78 is 18.6. The molecule has 2 aromatic carbocycles. The third kappa shape index (κ3) is 6.33. The highest BCUT2D eigenvalue weighted by Crippen LogP contribution is 2.20. The van der Waals surface area contributed by atoms with Gasteiger partial charge < -0.3 is 20.4 Å². The van der Waals surface area contributed by atoms with Crippen molar-refractivity contribution in [2.24, 2.45) is 0 Å². The molecule has 3 rings (SSSR count). The topological polar surface area (TPSA) is 83.2 Å². The van der Waals surface area contributed by atoms with Crippen LogP contribution in [0, 0.1) is 5.82 Å². The maximum atomic E-state index is 13.3. The maximum Gasteiger partial charge on any atom is 0.257 e. The van der Waals surface area contributed by atoms with Crippen LogP contribution in [-0.4, -0.2) is 36.5 Å². The molecule has 0 fully saturated rings. The monoisotopic (exact) mass is 443 g/mol. The molecule has 6 nitrogen and oxygen atoms in total. The number of halogens is 2. The molecular weight excluding hydrogens is 421 g/mol. The third-order valence-corrected chi connectivity index (χ3v) is 4.99. The summed E-state index contributed by atoms with van der Waals surface area (Å²) >= 11 is 5.60. The molecule has 3 aromatic rings. The minimum absolute atomic E-state index is 0.0185. The standard InChI is InChI=1S/C23H23ClFN3O3/c1-15(8-10-26-22(29)14-31-17-6-7-19(24)20(25)12-17)23(30)27-11-9-16-13-28-21-5-3-2-4-18(16)21/h2-7,12-13,28H,1,8-11,14H2,(H,26,29)(H,27,30). The number of carbonyl (C=O) groups is 2. The second kappa shape index (κ2) is 10.6. The first-order valence-electron chi connectivity index (χ1n) is 9.79. The van der Waals surface area contributed by atoms with E-state index >= 15 is 0 Å². The Morgan fingerprint density at radius 2 is 1.94 bits per heavy atom. The van der Waals surface area contributed by atoms with Crippen molar-refractivity contribution in [3.8, 4) is 5.75 Å². The van der Waals surface area contributed by atoms with Gasteiger partial charge in [-0.15, -0.1) is 0 Å². The fraction of sp³-hybridized carbons (Fsp3) is 0.217. The number of aromatic nitrogens is 1. The fourth-order valence-corrected chi connectivity index (χ4v) is 3.12. The SMILES string of the molecule is C=C(CCNC(=O)COc1ccc(Cl)c(F)c1)C(=O)NCCc1c[nH]c2ccccc12. The lowest BCUT2D eigenvalue weighted by molar-refractivity contribution is -0.123. The van der Waals surface area contributed by atoms with Crippen LogP contribution in [0.1, 0.15) is 12.0 Å². The van der Waals surface area contributed by atoms with Gasteiger partial charge in [0.25, 0.3) is 5.91 Å². The van der Waals surface area contributed by atoms with Crippen molar-refractivity contribution in [2.75, 3.05) is 19.7 Å². The Kier molecular flexibility index (Phi) is 7.67. The van der Waals surface area contributed by atoms with Crippen molar-refractivity contribution < 1.29 is 18.7 Å². The quantitative estimate of drug-likeness (QED) is 0.417. The second-order valence-electron chi connectivity index (χ2n) is 6.93. The van der Waals surface area contributed by atoms with Gasteiger partial charge >= 0.3 is 0 Å². The Labute approximate surface area is 184 Å². The fourth-order valence-electron chi connectivity index (χ4n) is 3.01. The summed E-state index contributed by atoms with van der Waals surface area (Å²) in [5.41, 5.74) is 2.57. The molecule has 1 heterocycles. The molecule has 0 unspecified atom stereocenters. The van der Waals surface area contributed by atoms with Crippen LogP contribution < -0.4 is 15.4 Å². The molecule has 0 aliphatic carbocycles. The molecule has 0 atom stereocenters. The van der Waals surface area contributed by atoms with Gasteiger partial charge in [-0.1, -0.05) is 36.4 Å². The Morgan fingerprint density at radius 3 is 2.74 bits per heavy atom. The van der Waals surface area contributed by atoms with Crippen molar-refractivity contribution in [1.82, 2.24) is 15.6 Å². The van der Waals surface area contributed by atoms with Crippen LogP contribution in [0.15, 0.2) is 60.8 Å². The Hall–Kier alpha value is -3.32. The minimum atomic E-state index is -0.619. The summed E-state index contributed by atoms with van der Waals surface area (Å²) in [6.07, 6.45) is 2.95. The van der Waals surface area contributed by atoms with Crippen molar-refractivity contribution in [1.29, 1.82) is 0 Å². The van der Waals surface area contributed by atoms with Gasteiger partial charge in [-0.05, 0) is 36.6 Å². The average Bonchev–Trinajstić information content (AvgIpc) is 3.17. The van der Waals surface area contributed by atoms with Gasteiger partial charge in [0.05, 0.1) is 5.02 Å². The van der Waals surface area contributed by atoms with Gasteiger partial charge in [-0.2, -0.15) is 0 Å². The zero-order valence-corrected chi connectivity index (χ0v) is 17.6. The molecule has 0 saturated carbocycles. The summed E-state index contributed by atoms with van der Waals surface area (Å²) in [7, 11) is 0. The number of H-pyrrole nitrogens is 1. The molecule has 1 aromatic heterocycles. The summed E-state index contributed by atoms with van der Waals surface area (Å²) in [5, 5.41) is 6.60. The lowest BCUT2D eigenvalue weighted by atomic mass is 10.1. The van der Waals surface area contributed by atoms with E-state index < -0.39 is 5.82 Å². The normalized spacial score (nSPS) is 10.6. The van der Waals surface area contributed by atoms with E-state index in [0.717, 1.165) is 22.5 Å². The van der Waals surface area contributed by atoms with Gasteiger partial charge in [0.1, 0.15) is 11.6 Å². The number of carbonyl (C=O) groups excluding carboxylic acids is 2. The maximum absolute atomic E-state index is 13.3. The number of ether oxygens (including phenoxy) is 1. The smallest absolute Gasteiger partial charge is 0.257 e. The molecule has 0 saturated heterocycles. The van der Waals surface area contributed by atoms with Gasteiger partial charge in [-0.25, -0.2) is 4.39 Å². The van der Waals surface area contributed by atoms with Crippen molar-refractivity contribution in [3.63, 3.8) is 0 Å². The Bertz CT molecular complexity index is 1100. The van der Waals surface area contributed by atoms with E-state index in [-0.39, 0.29) is 35.7 Å². The number of hydrogen-bond donors (Lipinski definition) is 3. The molecule has 2 amide bonds. The van der Waals surface area contributed by atoms with Gasteiger partial charge in [0.15, 0.2) is 6.61 Å². The van der Waals surface area contributed by atoms with Gasteiger partial charge in [0.2, 0.25) is 5.91 Å². The zero-order valence-electron chi connectivity index (χ0n) is 16.8. The first-order chi connectivity index (χ1) is 14.9.